The second kappa shape index (κ2) is 8.15. The lowest BCUT2D eigenvalue weighted by atomic mass is 10.1. The Morgan fingerprint density at radius 2 is 1.72 bits per heavy atom. The molecule has 0 aliphatic rings. The van der Waals surface area contributed by atoms with E-state index in [0.29, 0.717) is 10.7 Å². The van der Waals surface area contributed by atoms with Crippen LogP contribution < -0.4 is 0 Å². The Bertz CT molecular complexity index is 1390. The Morgan fingerprint density at radius 3 is 2.38 bits per heavy atom. The fraction of sp³-hybridized carbons (Fsp3) is 0.208. The molecular formula is C24H23ClN2O3S2. The van der Waals surface area contributed by atoms with Crippen LogP contribution in [0.3, 0.4) is 0 Å². The van der Waals surface area contributed by atoms with Crippen molar-refractivity contribution in [2.75, 3.05) is 6.26 Å². The third-order valence-corrected chi connectivity index (χ3v) is 7.71. The molecule has 0 bridgehead atoms. The molecule has 2 aromatic heterocycles. The molecule has 0 spiro atoms. The van der Waals surface area contributed by atoms with Gasteiger partial charge in [0.25, 0.3) is 0 Å². The predicted octanol–water partition coefficient (Wildman–Crippen LogP) is 5.86. The van der Waals surface area contributed by atoms with E-state index in [1.807, 2.05) is 49.4 Å². The summed E-state index contributed by atoms with van der Waals surface area (Å²) in [6.07, 6.45) is 1.20. The summed E-state index contributed by atoms with van der Waals surface area (Å²) >= 11 is 8.05. The maximum atomic E-state index is 12.0. The number of para-hydroxylation sites is 1. The van der Waals surface area contributed by atoms with Crippen molar-refractivity contribution < 1.29 is 13.5 Å². The number of thiophene rings is 1. The second-order valence-corrected chi connectivity index (χ2v) is 11.8. The molecule has 0 saturated carbocycles. The Morgan fingerprint density at radius 1 is 1.03 bits per heavy atom. The van der Waals surface area contributed by atoms with Crippen LogP contribution in [0.2, 0.25) is 5.02 Å². The van der Waals surface area contributed by atoms with Gasteiger partial charge in [-0.1, -0.05) is 35.9 Å². The molecule has 166 valence electrons. The monoisotopic (exact) mass is 486 g/mol. The molecule has 5 nitrogen and oxygen atoms in total. The lowest BCUT2D eigenvalue weighted by Gasteiger charge is -2.14. The van der Waals surface area contributed by atoms with E-state index in [1.54, 1.807) is 36.7 Å². The lowest BCUT2D eigenvalue weighted by molar-refractivity contribution is 0.0734. The van der Waals surface area contributed by atoms with Crippen molar-refractivity contribution in [3.05, 3.63) is 76.9 Å². The third-order valence-electron chi connectivity index (χ3n) is 5.14. The molecular weight excluding hydrogens is 464 g/mol. The molecule has 32 heavy (non-hydrogen) atoms. The highest BCUT2D eigenvalue weighted by molar-refractivity contribution is 7.90. The third kappa shape index (κ3) is 4.38. The van der Waals surface area contributed by atoms with Crippen LogP contribution in [0.1, 0.15) is 25.1 Å². The molecule has 0 unspecified atom stereocenters. The average Bonchev–Trinajstić information content (AvgIpc) is 3.34. The zero-order valence-corrected chi connectivity index (χ0v) is 20.5. The van der Waals surface area contributed by atoms with Crippen molar-refractivity contribution in [3.63, 3.8) is 0 Å². The van der Waals surface area contributed by atoms with Gasteiger partial charge in [-0.25, -0.2) is 13.1 Å². The van der Waals surface area contributed by atoms with Crippen LogP contribution in [0.4, 0.5) is 0 Å². The number of aromatic nitrogens is 2. The molecule has 1 N–H and O–H groups in total. The van der Waals surface area contributed by atoms with E-state index < -0.39 is 15.4 Å². The first-order valence-corrected chi connectivity index (χ1v) is 13.0. The number of aliphatic hydroxyl groups is 1. The van der Waals surface area contributed by atoms with Gasteiger partial charge in [0.2, 0.25) is 0 Å². The van der Waals surface area contributed by atoms with Gasteiger partial charge >= 0.3 is 0 Å². The van der Waals surface area contributed by atoms with E-state index in [1.165, 1.54) is 17.6 Å². The van der Waals surface area contributed by atoms with Crippen molar-refractivity contribution >= 4 is 32.8 Å². The Balaban J connectivity index is 1.87. The van der Waals surface area contributed by atoms with E-state index in [2.05, 4.69) is 5.10 Å². The number of hydrogen-bond acceptors (Lipinski definition) is 5. The predicted molar refractivity (Wildman–Crippen MR) is 130 cm³/mol. The van der Waals surface area contributed by atoms with Crippen LogP contribution in [-0.4, -0.2) is 29.6 Å². The van der Waals surface area contributed by atoms with Crippen molar-refractivity contribution in [2.45, 2.75) is 31.3 Å². The van der Waals surface area contributed by atoms with Crippen molar-refractivity contribution in [1.82, 2.24) is 9.78 Å². The zero-order chi connectivity index (χ0) is 23.3. The molecule has 0 saturated heterocycles. The summed E-state index contributed by atoms with van der Waals surface area (Å²) in [6.45, 7) is 5.35. The minimum atomic E-state index is -3.30. The van der Waals surface area contributed by atoms with Gasteiger partial charge in [-0.15, -0.1) is 11.3 Å². The summed E-state index contributed by atoms with van der Waals surface area (Å²) in [6, 6.07) is 18.4. The number of hydrogen-bond donors (Lipinski definition) is 1. The maximum absolute atomic E-state index is 12.0. The second-order valence-electron chi connectivity index (χ2n) is 8.25. The van der Waals surface area contributed by atoms with Gasteiger partial charge in [0.05, 0.1) is 31.9 Å². The summed E-state index contributed by atoms with van der Waals surface area (Å²) in [5.74, 6) is 0. The number of halogens is 1. The standard InChI is InChI=1S/C24H23ClN2O3S2/c1-15-7-5-10-18(25)23(15)27-19(14-22(26-27)24(2,3)28)21-12-11-20(31-21)16-8-6-9-17(13-16)32(4,29)30/h5-14,28H,1-4H3. The van der Waals surface area contributed by atoms with Crippen molar-refractivity contribution in [1.29, 1.82) is 0 Å². The number of aryl methyl sites for hydroxylation is 1. The molecule has 0 radical (unpaired) electrons. The topological polar surface area (TPSA) is 72.2 Å². The van der Waals surface area contributed by atoms with E-state index in [9.17, 15) is 13.5 Å². The van der Waals surface area contributed by atoms with Gasteiger partial charge in [-0.2, -0.15) is 5.10 Å². The first-order chi connectivity index (χ1) is 14.9. The average molecular weight is 487 g/mol. The Hall–Kier alpha value is -2.45. The van der Waals surface area contributed by atoms with Crippen LogP contribution in [-0.2, 0) is 15.4 Å². The largest absolute Gasteiger partial charge is 0.384 e. The van der Waals surface area contributed by atoms with E-state index in [0.717, 1.165) is 32.3 Å². The van der Waals surface area contributed by atoms with Crippen LogP contribution in [0, 0.1) is 6.92 Å². The van der Waals surface area contributed by atoms with Gasteiger partial charge in [-0.3, -0.25) is 0 Å². The SMILES string of the molecule is Cc1cccc(Cl)c1-n1nc(C(C)(C)O)cc1-c1ccc(-c2cccc(S(C)(=O)=O)c2)s1. The number of sulfone groups is 1. The highest BCUT2D eigenvalue weighted by Gasteiger charge is 2.25. The molecule has 2 heterocycles. The van der Waals surface area contributed by atoms with Gasteiger partial charge in [-0.05, 0) is 68.3 Å². The summed E-state index contributed by atoms with van der Waals surface area (Å²) in [5, 5.41) is 15.8. The molecule has 4 rings (SSSR count). The summed E-state index contributed by atoms with van der Waals surface area (Å²) in [7, 11) is -3.30. The normalized spacial score (nSPS) is 12.3. The quantitative estimate of drug-likeness (QED) is 0.383. The number of benzene rings is 2. The molecule has 0 aliphatic carbocycles. The van der Waals surface area contributed by atoms with E-state index in [4.69, 9.17) is 11.6 Å². The minimum Gasteiger partial charge on any atom is -0.384 e. The van der Waals surface area contributed by atoms with Gasteiger partial charge in [0.15, 0.2) is 9.84 Å². The first kappa shape index (κ1) is 22.7. The van der Waals surface area contributed by atoms with Crippen LogP contribution in [0.25, 0.3) is 26.7 Å². The zero-order valence-electron chi connectivity index (χ0n) is 18.1. The summed E-state index contributed by atoms with van der Waals surface area (Å²) in [4.78, 5) is 2.14. The van der Waals surface area contributed by atoms with Gasteiger partial charge in [0, 0.05) is 11.1 Å². The molecule has 0 fully saturated rings. The summed E-state index contributed by atoms with van der Waals surface area (Å²) in [5.41, 5.74) is 2.75. The van der Waals surface area contributed by atoms with Crippen molar-refractivity contribution in [2.24, 2.45) is 0 Å². The molecule has 8 heteroatoms. The maximum Gasteiger partial charge on any atom is 0.175 e. The fourth-order valence-corrected chi connectivity index (χ4v) is 5.40. The first-order valence-electron chi connectivity index (χ1n) is 9.94. The smallest absolute Gasteiger partial charge is 0.175 e. The highest BCUT2D eigenvalue weighted by Crippen LogP contribution is 2.39. The minimum absolute atomic E-state index is 0.283. The van der Waals surface area contributed by atoms with E-state index in [-0.39, 0.29) is 4.90 Å². The number of nitrogens with zero attached hydrogens (tertiary/aromatic N) is 2. The lowest BCUT2D eigenvalue weighted by Crippen LogP contribution is -2.16. The van der Waals surface area contributed by atoms with Crippen LogP contribution >= 0.6 is 22.9 Å². The molecule has 0 atom stereocenters. The fourth-order valence-electron chi connectivity index (χ4n) is 3.43. The van der Waals surface area contributed by atoms with Gasteiger partial charge in [0.1, 0.15) is 5.60 Å². The van der Waals surface area contributed by atoms with Crippen LogP contribution in [0.5, 0.6) is 0 Å². The Labute approximate surface area is 196 Å². The number of rotatable bonds is 5. The van der Waals surface area contributed by atoms with Gasteiger partial charge < -0.3 is 5.11 Å². The molecule has 0 aliphatic heterocycles. The molecule has 2 aromatic carbocycles. The van der Waals surface area contributed by atoms with Crippen molar-refractivity contribution in [3.8, 4) is 26.7 Å². The highest BCUT2D eigenvalue weighted by atomic mass is 35.5. The molecule has 0 amide bonds. The Kier molecular flexibility index (Phi) is 5.79. The summed E-state index contributed by atoms with van der Waals surface area (Å²) < 4.78 is 25.7. The van der Waals surface area contributed by atoms with E-state index >= 15 is 0 Å². The molecule has 4 aromatic rings. The van der Waals surface area contributed by atoms with Crippen LogP contribution in [0.15, 0.2) is 65.6 Å².